The average molecular weight is 164 g/mol. The summed E-state index contributed by atoms with van der Waals surface area (Å²) >= 11 is 5.03. The Kier molecular flexibility index (Phi) is 4.58. The van der Waals surface area contributed by atoms with Crippen LogP contribution < -0.4 is 5.73 Å². The molecule has 0 saturated heterocycles. The summed E-state index contributed by atoms with van der Waals surface area (Å²) in [6.07, 6.45) is 0.856. The molecule has 0 spiro atoms. The normalized spacial score (nSPS) is 11.4. The summed E-state index contributed by atoms with van der Waals surface area (Å²) < 4.78 is 4.25. The van der Waals surface area contributed by atoms with Crippen LogP contribution in [-0.2, 0) is 14.3 Å². The first-order chi connectivity index (χ1) is 4.72. The molecule has 2 N–H and O–H groups in total. The van der Waals surface area contributed by atoms with Gasteiger partial charge in [-0.2, -0.15) is 0 Å². The maximum Gasteiger partial charge on any atom is 0.328 e. The Morgan fingerprint density at radius 2 is 2.50 bits per heavy atom. The van der Waals surface area contributed by atoms with E-state index in [2.05, 4.69) is 4.74 Å². The molecule has 10 heavy (non-hydrogen) atoms. The molecule has 1 atom stereocenters. The predicted octanol–water partition coefficient (Wildman–Crippen LogP) is -0.559. The minimum absolute atomic E-state index is 0.265. The van der Waals surface area contributed by atoms with Gasteiger partial charge in [0.05, 0.1) is 0 Å². The summed E-state index contributed by atoms with van der Waals surface area (Å²) in [5, 5.41) is 0. The van der Waals surface area contributed by atoms with Crippen molar-refractivity contribution >= 4 is 23.5 Å². The zero-order chi connectivity index (χ0) is 7.98. The number of halogens is 1. The van der Waals surface area contributed by atoms with Crippen molar-refractivity contribution in [2.45, 2.75) is 6.04 Å². The van der Waals surface area contributed by atoms with E-state index in [0.29, 0.717) is 0 Å². The van der Waals surface area contributed by atoms with Gasteiger partial charge in [-0.3, -0.25) is 0 Å². The molecule has 0 aliphatic rings. The van der Waals surface area contributed by atoms with Gasteiger partial charge in [-0.1, -0.05) is 11.6 Å². The van der Waals surface area contributed by atoms with Crippen LogP contribution in [0.3, 0.4) is 0 Å². The number of esters is 1. The molecular weight excluding hydrogens is 158 g/mol. The third-order valence-electron chi connectivity index (χ3n) is 0.717. The Morgan fingerprint density at radius 1 is 1.90 bits per heavy atom. The first-order valence-electron chi connectivity index (χ1n) is 2.41. The second-order valence-corrected chi connectivity index (χ2v) is 1.60. The summed E-state index contributed by atoms with van der Waals surface area (Å²) in [5.74, 6) is 0.625. The maximum absolute atomic E-state index is 10.5. The fourth-order valence-electron chi connectivity index (χ4n) is 0.291. The van der Waals surface area contributed by atoms with Gasteiger partial charge in [0.15, 0.2) is 6.07 Å². The van der Waals surface area contributed by atoms with Crippen LogP contribution >= 0.6 is 11.6 Å². The van der Waals surface area contributed by atoms with Crippen LogP contribution in [0.5, 0.6) is 0 Å². The highest BCUT2D eigenvalue weighted by Gasteiger charge is 2.10. The van der Waals surface area contributed by atoms with Gasteiger partial charge in [-0.25, -0.2) is 9.59 Å². The maximum atomic E-state index is 10.5. The molecule has 0 aromatic heterocycles. The fourth-order valence-corrected chi connectivity index (χ4v) is 0.399. The lowest BCUT2D eigenvalue weighted by Gasteiger charge is -2.01. The van der Waals surface area contributed by atoms with Gasteiger partial charge in [0.25, 0.3) is 0 Å². The monoisotopic (exact) mass is 163 g/mol. The van der Waals surface area contributed by atoms with Crippen LogP contribution in [0, 0.1) is 0 Å². The van der Waals surface area contributed by atoms with Gasteiger partial charge < -0.3 is 10.5 Å². The molecule has 0 aliphatic heterocycles. The van der Waals surface area contributed by atoms with E-state index in [1.807, 2.05) is 0 Å². The van der Waals surface area contributed by atoms with E-state index in [9.17, 15) is 9.59 Å². The van der Waals surface area contributed by atoms with Gasteiger partial charge in [-0.05, 0) is 0 Å². The van der Waals surface area contributed by atoms with Crippen molar-refractivity contribution in [2.24, 2.45) is 5.73 Å². The molecular formula is C5H6ClNO3. The van der Waals surface area contributed by atoms with Crippen molar-refractivity contribution in [3.63, 3.8) is 0 Å². The molecule has 1 unspecified atom stereocenters. The molecule has 0 radical (unpaired) electrons. The molecule has 0 rings (SSSR count). The Labute approximate surface area is 62.6 Å². The molecule has 0 amide bonds. The minimum Gasteiger partial charge on any atom is -0.448 e. The van der Waals surface area contributed by atoms with Gasteiger partial charge in [0, 0.05) is 6.08 Å². The molecule has 0 saturated carbocycles. The zero-order valence-electron chi connectivity index (χ0n) is 5.04. The minimum atomic E-state index is -1.06. The Bertz CT molecular complexity index is 164. The van der Waals surface area contributed by atoms with Crippen LogP contribution in [0.2, 0.25) is 0 Å². The molecule has 5 heteroatoms. The van der Waals surface area contributed by atoms with Gasteiger partial charge >= 0.3 is 5.97 Å². The van der Waals surface area contributed by atoms with Crippen molar-refractivity contribution in [2.75, 3.05) is 6.07 Å². The third kappa shape index (κ3) is 3.25. The molecule has 0 aromatic rings. The number of carbonyl (C=O) groups is 1. The van der Waals surface area contributed by atoms with Gasteiger partial charge in [-0.15, -0.1) is 0 Å². The molecule has 0 aliphatic carbocycles. The fraction of sp³-hybridized carbons (Fsp3) is 0.400. The molecule has 4 nitrogen and oxygen atoms in total. The number of ether oxygens (including phenoxy) is 1. The van der Waals surface area contributed by atoms with Crippen LogP contribution in [-0.4, -0.2) is 24.0 Å². The molecule has 0 fully saturated rings. The van der Waals surface area contributed by atoms with Gasteiger partial charge in [0.1, 0.15) is 12.0 Å². The quantitative estimate of drug-likeness (QED) is 0.344. The van der Waals surface area contributed by atoms with E-state index in [0.717, 1.165) is 6.08 Å². The highest BCUT2D eigenvalue weighted by Crippen LogP contribution is 1.86. The second-order valence-electron chi connectivity index (χ2n) is 1.38. The van der Waals surface area contributed by atoms with E-state index in [4.69, 9.17) is 17.3 Å². The topological polar surface area (TPSA) is 69.4 Å². The van der Waals surface area contributed by atoms with Crippen molar-refractivity contribution in [1.29, 1.82) is 0 Å². The average Bonchev–Trinajstić information content (AvgIpc) is 1.89. The smallest absolute Gasteiger partial charge is 0.328 e. The van der Waals surface area contributed by atoms with Crippen molar-refractivity contribution < 1.29 is 14.3 Å². The van der Waals surface area contributed by atoms with Crippen molar-refractivity contribution in [3.8, 4) is 0 Å². The van der Waals surface area contributed by atoms with E-state index >= 15 is 0 Å². The molecule has 56 valence electrons. The first-order valence-corrected chi connectivity index (χ1v) is 2.95. The third-order valence-corrected chi connectivity index (χ3v) is 0.826. The predicted molar refractivity (Wildman–Crippen MR) is 35.1 cm³/mol. The zero-order valence-corrected chi connectivity index (χ0v) is 5.80. The van der Waals surface area contributed by atoms with Crippen LogP contribution in [0.15, 0.2) is 6.08 Å². The number of alkyl halides is 1. The van der Waals surface area contributed by atoms with Gasteiger partial charge in [0.2, 0.25) is 0 Å². The second kappa shape index (κ2) is 4.99. The highest BCUT2D eigenvalue weighted by molar-refractivity contribution is 6.17. The number of carbonyl (C=O) groups excluding carboxylic acids is 2. The first kappa shape index (κ1) is 9.17. The van der Waals surface area contributed by atoms with Crippen molar-refractivity contribution in [3.05, 3.63) is 6.08 Å². The highest BCUT2D eigenvalue weighted by atomic mass is 35.5. The molecule has 0 bridgehead atoms. The SMILES string of the molecule is NC(C=C=O)C(=O)OCCl. The van der Waals surface area contributed by atoms with Crippen LogP contribution in [0.1, 0.15) is 0 Å². The Balaban J connectivity index is 3.81. The van der Waals surface area contributed by atoms with E-state index in [-0.39, 0.29) is 6.07 Å². The number of hydrogen-bond donors (Lipinski definition) is 1. The van der Waals surface area contributed by atoms with Crippen LogP contribution in [0.25, 0.3) is 0 Å². The van der Waals surface area contributed by atoms with E-state index < -0.39 is 12.0 Å². The van der Waals surface area contributed by atoms with Crippen molar-refractivity contribution in [1.82, 2.24) is 0 Å². The Hall–Kier alpha value is -0.830. The Morgan fingerprint density at radius 3 is 2.90 bits per heavy atom. The summed E-state index contributed by atoms with van der Waals surface area (Å²) in [5.41, 5.74) is 5.06. The summed E-state index contributed by atoms with van der Waals surface area (Å²) in [6, 6.07) is -1.32. The van der Waals surface area contributed by atoms with Crippen LogP contribution in [0.4, 0.5) is 0 Å². The number of rotatable bonds is 3. The van der Waals surface area contributed by atoms with E-state index in [1.54, 1.807) is 0 Å². The number of nitrogens with two attached hydrogens (primary N) is 1. The largest absolute Gasteiger partial charge is 0.448 e. The summed E-state index contributed by atoms with van der Waals surface area (Å²) in [6.45, 7) is 0. The van der Waals surface area contributed by atoms with E-state index in [1.165, 1.54) is 5.94 Å². The standard InChI is InChI=1S/C5H6ClNO3/c6-3-10-5(9)4(7)1-2-8/h1,4H,3,7H2. The molecule has 0 aromatic carbocycles. The molecule has 0 heterocycles. The number of hydrogen-bond acceptors (Lipinski definition) is 4. The lowest BCUT2D eigenvalue weighted by atomic mass is 10.3. The lowest BCUT2D eigenvalue weighted by Crippen LogP contribution is -2.29. The lowest BCUT2D eigenvalue weighted by molar-refractivity contribution is -0.141. The summed E-state index contributed by atoms with van der Waals surface area (Å²) in [4.78, 5) is 20.1. The summed E-state index contributed by atoms with van der Waals surface area (Å²) in [7, 11) is 0.